The summed E-state index contributed by atoms with van der Waals surface area (Å²) >= 11 is 0. The second-order valence-electron chi connectivity index (χ2n) is 7.74. The Morgan fingerprint density at radius 2 is 1.81 bits per heavy atom. The van der Waals surface area contributed by atoms with Gasteiger partial charge in [-0.2, -0.15) is 17.9 Å². The van der Waals surface area contributed by atoms with Crippen molar-refractivity contribution in [2.24, 2.45) is 0 Å². The Morgan fingerprint density at radius 1 is 1.08 bits per heavy atom. The normalized spacial score (nSPS) is 13.1. The third-order valence-corrected chi connectivity index (χ3v) is 6.48. The van der Waals surface area contributed by atoms with Crippen molar-refractivity contribution >= 4 is 26.8 Å². The fraction of sp³-hybridized carbons (Fsp3) is 0.227. The van der Waals surface area contributed by atoms with Crippen LogP contribution in [-0.4, -0.2) is 40.2 Å². The zero-order chi connectivity index (χ0) is 26.1. The minimum Gasteiger partial charge on any atom is -0.443 e. The first-order valence-electron chi connectivity index (χ1n) is 10.4. The van der Waals surface area contributed by atoms with E-state index in [2.05, 4.69) is 24.7 Å². The number of rotatable bonds is 8. The third kappa shape index (κ3) is 5.71. The molecule has 0 bridgehead atoms. The van der Waals surface area contributed by atoms with Crippen LogP contribution in [0, 0.1) is 5.82 Å². The van der Waals surface area contributed by atoms with Gasteiger partial charge in [0.05, 0.1) is 11.7 Å². The molecule has 0 saturated carbocycles. The van der Waals surface area contributed by atoms with Crippen LogP contribution in [0.1, 0.15) is 24.9 Å². The van der Waals surface area contributed by atoms with Crippen molar-refractivity contribution in [3.8, 4) is 11.3 Å². The summed E-state index contributed by atoms with van der Waals surface area (Å²) < 4.78 is 84.0. The molecule has 1 N–H and O–H groups in total. The number of hydrogen-bond donors (Lipinski definition) is 1. The van der Waals surface area contributed by atoms with Gasteiger partial charge in [0.25, 0.3) is 10.0 Å². The number of sulfonamides is 1. The van der Waals surface area contributed by atoms with Gasteiger partial charge >= 0.3 is 6.18 Å². The molecule has 0 radical (unpaired) electrons. The van der Waals surface area contributed by atoms with Crippen LogP contribution in [0.5, 0.6) is 0 Å². The molecule has 14 heteroatoms. The van der Waals surface area contributed by atoms with Crippen LogP contribution in [0.15, 0.2) is 58.6 Å². The number of hydrogen-bond acceptors (Lipinski definition) is 8. The Bertz CT molecular complexity index is 1520. The number of alkyl halides is 3. The highest BCUT2D eigenvalue weighted by molar-refractivity contribution is 7.89. The fourth-order valence-corrected chi connectivity index (χ4v) is 4.44. The molecule has 0 amide bonds. The van der Waals surface area contributed by atoms with Crippen molar-refractivity contribution in [1.29, 1.82) is 0 Å². The lowest BCUT2D eigenvalue weighted by atomic mass is 10.1. The largest absolute Gasteiger partial charge is 0.451 e. The predicted octanol–water partition coefficient (Wildman–Crippen LogP) is 3.71. The van der Waals surface area contributed by atoms with Crippen LogP contribution in [-0.2, 0) is 27.4 Å². The van der Waals surface area contributed by atoms with Gasteiger partial charge < -0.3 is 4.42 Å². The van der Waals surface area contributed by atoms with E-state index in [1.807, 2.05) is 0 Å². The standard InChI is InChI=1S/C22H17F4N5O4S/c1-12(31-36(33,34)20-7-13-6-15(23)2-5-19(13)35-20)18(32)4-3-16-8-17(30-11-29-16)14-9-27-21(28-10-14)22(24,25)26/h2,5-12,31H,3-4H2,1H3/t12-/m0/s1. The molecule has 0 aliphatic heterocycles. The molecule has 1 atom stereocenters. The molecule has 0 spiro atoms. The first-order valence-corrected chi connectivity index (χ1v) is 11.9. The molecule has 36 heavy (non-hydrogen) atoms. The first-order chi connectivity index (χ1) is 16.9. The van der Waals surface area contributed by atoms with Crippen LogP contribution < -0.4 is 4.72 Å². The minimum atomic E-state index is -4.67. The van der Waals surface area contributed by atoms with E-state index in [4.69, 9.17) is 4.42 Å². The number of furan rings is 1. The number of carbonyl (C=O) groups excluding carboxylic acids is 1. The van der Waals surface area contributed by atoms with Gasteiger partial charge in [0.15, 0.2) is 5.78 Å². The highest BCUT2D eigenvalue weighted by Crippen LogP contribution is 2.27. The molecule has 0 aliphatic carbocycles. The Morgan fingerprint density at radius 3 is 2.50 bits per heavy atom. The van der Waals surface area contributed by atoms with E-state index >= 15 is 0 Å². The smallest absolute Gasteiger partial charge is 0.443 e. The molecule has 0 aliphatic rings. The highest BCUT2D eigenvalue weighted by atomic mass is 32.2. The van der Waals surface area contributed by atoms with Gasteiger partial charge in [0.1, 0.15) is 17.7 Å². The lowest BCUT2D eigenvalue weighted by Gasteiger charge is -2.12. The van der Waals surface area contributed by atoms with Gasteiger partial charge in [-0.05, 0) is 37.6 Å². The van der Waals surface area contributed by atoms with E-state index in [9.17, 15) is 30.8 Å². The summed E-state index contributed by atoms with van der Waals surface area (Å²) in [6, 6.07) is 5.08. The SMILES string of the molecule is C[C@H](NS(=O)(=O)c1cc2cc(F)ccc2o1)C(=O)CCc1cc(-c2cnc(C(F)(F)F)nc2)ncn1. The Labute approximate surface area is 201 Å². The van der Waals surface area contributed by atoms with E-state index in [1.54, 1.807) is 0 Å². The predicted molar refractivity (Wildman–Crippen MR) is 117 cm³/mol. The molecular formula is C22H17F4N5O4S. The lowest BCUT2D eigenvalue weighted by Crippen LogP contribution is -2.38. The van der Waals surface area contributed by atoms with Crippen LogP contribution in [0.4, 0.5) is 17.6 Å². The monoisotopic (exact) mass is 523 g/mol. The highest BCUT2D eigenvalue weighted by Gasteiger charge is 2.34. The molecule has 0 unspecified atom stereocenters. The summed E-state index contributed by atoms with van der Waals surface area (Å²) in [6.45, 7) is 1.37. The number of carbonyl (C=O) groups is 1. The van der Waals surface area contributed by atoms with E-state index in [0.717, 1.165) is 30.6 Å². The van der Waals surface area contributed by atoms with Crippen molar-refractivity contribution in [3.63, 3.8) is 0 Å². The first kappa shape index (κ1) is 25.3. The Hall–Kier alpha value is -3.78. The number of halogens is 4. The van der Waals surface area contributed by atoms with E-state index in [-0.39, 0.29) is 35.1 Å². The molecule has 4 aromatic rings. The maximum absolute atomic E-state index is 13.4. The molecule has 0 fully saturated rings. The van der Waals surface area contributed by atoms with Crippen molar-refractivity contribution in [1.82, 2.24) is 24.7 Å². The molecule has 3 heterocycles. The lowest BCUT2D eigenvalue weighted by molar-refractivity contribution is -0.145. The van der Waals surface area contributed by atoms with Crippen LogP contribution >= 0.6 is 0 Å². The van der Waals surface area contributed by atoms with Crippen molar-refractivity contribution < 1.29 is 35.2 Å². The molecule has 9 nitrogen and oxygen atoms in total. The van der Waals surface area contributed by atoms with Gasteiger partial charge in [-0.1, -0.05) is 0 Å². The van der Waals surface area contributed by atoms with Gasteiger partial charge in [-0.15, -0.1) is 0 Å². The average Bonchev–Trinajstić information content (AvgIpc) is 3.26. The second-order valence-corrected chi connectivity index (χ2v) is 9.39. The number of nitrogens with one attached hydrogen (secondary N) is 1. The summed E-state index contributed by atoms with van der Waals surface area (Å²) in [7, 11) is -4.20. The molecule has 3 aromatic heterocycles. The Kier molecular flexibility index (Phi) is 6.82. The van der Waals surface area contributed by atoms with Crippen molar-refractivity contribution in [2.45, 2.75) is 37.1 Å². The van der Waals surface area contributed by atoms with Crippen LogP contribution in [0.3, 0.4) is 0 Å². The molecular weight excluding hydrogens is 506 g/mol. The van der Waals surface area contributed by atoms with Crippen LogP contribution in [0.2, 0.25) is 0 Å². The summed E-state index contributed by atoms with van der Waals surface area (Å²) in [5, 5.41) is -0.200. The summed E-state index contributed by atoms with van der Waals surface area (Å²) in [5.41, 5.74) is 1.07. The number of fused-ring (bicyclic) bond motifs is 1. The van der Waals surface area contributed by atoms with Gasteiger partial charge in [-0.3, -0.25) is 4.79 Å². The number of Topliss-reactive ketones (excluding diaryl/α,β-unsaturated/α-hetero) is 1. The third-order valence-electron chi connectivity index (χ3n) is 5.09. The van der Waals surface area contributed by atoms with Gasteiger partial charge in [-0.25, -0.2) is 32.7 Å². The molecule has 4 rings (SSSR count). The zero-order valence-electron chi connectivity index (χ0n) is 18.5. The molecule has 188 valence electrons. The molecule has 1 aromatic carbocycles. The van der Waals surface area contributed by atoms with E-state index in [1.165, 1.54) is 25.4 Å². The quantitative estimate of drug-likeness (QED) is 0.346. The number of ketones is 1. The van der Waals surface area contributed by atoms with E-state index in [0.29, 0.717) is 5.69 Å². The van der Waals surface area contributed by atoms with Crippen molar-refractivity contribution in [2.75, 3.05) is 0 Å². The van der Waals surface area contributed by atoms with Gasteiger partial charge in [0, 0.05) is 41.5 Å². The zero-order valence-corrected chi connectivity index (χ0v) is 19.3. The number of aryl methyl sites for hydroxylation is 1. The topological polar surface area (TPSA) is 128 Å². The summed E-state index contributed by atoms with van der Waals surface area (Å²) in [4.78, 5) is 27.2. The minimum absolute atomic E-state index is 0.0883. The maximum Gasteiger partial charge on any atom is 0.451 e. The Balaban J connectivity index is 1.39. The van der Waals surface area contributed by atoms with Crippen molar-refractivity contribution in [3.05, 3.63) is 66.4 Å². The van der Waals surface area contributed by atoms with Gasteiger partial charge in [0.2, 0.25) is 10.9 Å². The number of aromatic nitrogens is 4. The summed E-state index contributed by atoms with van der Waals surface area (Å²) in [5.74, 6) is -2.28. The average molecular weight is 523 g/mol. The summed E-state index contributed by atoms with van der Waals surface area (Å²) in [6.07, 6.45) is -1.49. The number of benzene rings is 1. The molecule has 0 saturated heterocycles. The fourth-order valence-electron chi connectivity index (χ4n) is 3.25. The van der Waals surface area contributed by atoms with Crippen LogP contribution in [0.25, 0.3) is 22.2 Å². The van der Waals surface area contributed by atoms with E-state index < -0.39 is 44.8 Å². The second kappa shape index (κ2) is 9.70. The number of nitrogens with zero attached hydrogens (tertiary/aromatic N) is 4. The maximum atomic E-state index is 13.4.